The first-order valence-corrected chi connectivity index (χ1v) is 7.37. The van der Waals surface area contributed by atoms with Crippen LogP contribution in [0.3, 0.4) is 0 Å². The molecule has 0 radical (unpaired) electrons. The molecule has 1 aromatic heterocycles. The van der Waals surface area contributed by atoms with Crippen LogP contribution in [0.4, 0.5) is 0 Å². The number of para-hydroxylation sites is 1. The third-order valence-corrected chi connectivity index (χ3v) is 3.71. The molecule has 1 aliphatic rings. The Morgan fingerprint density at radius 1 is 1.30 bits per heavy atom. The summed E-state index contributed by atoms with van der Waals surface area (Å²) in [4.78, 5) is 25.3. The molecule has 1 aliphatic heterocycles. The van der Waals surface area contributed by atoms with Crippen LogP contribution >= 0.6 is 0 Å². The minimum Gasteiger partial charge on any atom is -0.481 e. The predicted molar refractivity (Wildman–Crippen MR) is 81.5 cm³/mol. The highest BCUT2D eigenvalue weighted by molar-refractivity contribution is 5.97. The van der Waals surface area contributed by atoms with Crippen molar-refractivity contribution in [1.82, 2.24) is 14.7 Å². The van der Waals surface area contributed by atoms with E-state index in [9.17, 15) is 9.59 Å². The van der Waals surface area contributed by atoms with Gasteiger partial charge in [0.05, 0.1) is 30.4 Å². The summed E-state index contributed by atoms with van der Waals surface area (Å²) in [7, 11) is 0. The summed E-state index contributed by atoms with van der Waals surface area (Å²) in [6.07, 6.45) is 2.85. The van der Waals surface area contributed by atoms with Crippen molar-refractivity contribution in [3.8, 4) is 5.69 Å². The predicted octanol–water partition coefficient (Wildman–Crippen LogP) is 1.19. The number of aliphatic carboxylic acids is 1. The van der Waals surface area contributed by atoms with E-state index >= 15 is 0 Å². The van der Waals surface area contributed by atoms with E-state index in [-0.39, 0.29) is 18.9 Å². The lowest BCUT2D eigenvalue weighted by Crippen LogP contribution is -2.46. The monoisotopic (exact) mass is 315 g/mol. The van der Waals surface area contributed by atoms with Gasteiger partial charge in [-0.15, -0.1) is 0 Å². The number of nitrogens with zero attached hydrogens (tertiary/aromatic N) is 3. The molecular formula is C16H17N3O4. The van der Waals surface area contributed by atoms with Gasteiger partial charge in [0.25, 0.3) is 5.91 Å². The standard InChI is InChI=1S/C16H17N3O4/c20-15(21)10-12-11-18(8-9-23-12)16(22)13-4-1-2-5-14(13)19-7-3-6-17-19/h1-7,12H,8-11H2,(H,20,21)/t12-/m0/s1. The first kappa shape index (κ1) is 15.2. The normalized spacial score (nSPS) is 17.9. The Kier molecular flexibility index (Phi) is 4.38. The molecule has 0 spiro atoms. The summed E-state index contributed by atoms with van der Waals surface area (Å²) < 4.78 is 7.06. The van der Waals surface area contributed by atoms with Crippen LogP contribution < -0.4 is 0 Å². The van der Waals surface area contributed by atoms with E-state index in [1.807, 2.05) is 12.1 Å². The summed E-state index contributed by atoms with van der Waals surface area (Å²) in [6.45, 7) is 1.06. The maximum absolute atomic E-state index is 12.8. The van der Waals surface area contributed by atoms with Crippen LogP contribution in [0.1, 0.15) is 16.8 Å². The molecule has 7 nitrogen and oxygen atoms in total. The number of ether oxygens (including phenoxy) is 1. The SMILES string of the molecule is O=C(O)C[C@H]1CN(C(=O)c2ccccc2-n2cccn2)CCO1. The number of benzene rings is 1. The molecule has 23 heavy (non-hydrogen) atoms. The highest BCUT2D eigenvalue weighted by Crippen LogP contribution is 2.18. The lowest BCUT2D eigenvalue weighted by Gasteiger charge is -2.32. The Bertz CT molecular complexity index is 699. The van der Waals surface area contributed by atoms with Gasteiger partial charge in [-0.05, 0) is 18.2 Å². The van der Waals surface area contributed by atoms with E-state index in [1.54, 1.807) is 40.2 Å². The molecule has 0 saturated carbocycles. The lowest BCUT2D eigenvalue weighted by atomic mass is 10.1. The molecular weight excluding hydrogens is 298 g/mol. The highest BCUT2D eigenvalue weighted by Gasteiger charge is 2.27. The molecule has 2 heterocycles. The van der Waals surface area contributed by atoms with Gasteiger partial charge in [-0.25, -0.2) is 4.68 Å². The van der Waals surface area contributed by atoms with Crippen LogP contribution in [-0.2, 0) is 9.53 Å². The second kappa shape index (κ2) is 6.62. The van der Waals surface area contributed by atoms with Crippen LogP contribution in [0.15, 0.2) is 42.7 Å². The number of carbonyl (C=O) groups excluding carboxylic acids is 1. The number of hydrogen-bond acceptors (Lipinski definition) is 4. The van der Waals surface area contributed by atoms with E-state index in [4.69, 9.17) is 9.84 Å². The molecule has 1 saturated heterocycles. The first-order valence-electron chi connectivity index (χ1n) is 7.37. The molecule has 1 aromatic carbocycles. The topological polar surface area (TPSA) is 84.7 Å². The van der Waals surface area contributed by atoms with Crippen molar-refractivity contribution in [2.24, 2.45) is 0 Å². The zero-order valence-corrected chi connectivity index (χ0v) is 12.5. The lowest BCUT2D eigenvalue weighted by molar-refractivity contribution is -0.141. The van der Waals surface area contributed by atoms with Crippen molar-refractivity contribution in [2.45, 2.75) is 12.5 Å². The third-order valence-electron chi connectivity index (χ3n) is 3.71. The fraction of sp³-hybridized carbons (Fsp3) is 0.312. The quantitative estimate of drug-likeness (QED) is 0.916. The summed E-state index contributed by atoms with van der Waals surface area (Å²) in [5.41, 5.74) is 1.23. The number of aromatic nitrogens is 2. The fourth-order valence-electron chi connectivity index (χ4n) is 2.66. The number of carbonyl (C=O) groups is 2. The molecule has 1 fully saturated rings. The summed E-state index contributed by atoms with van der Waals surface area (Å²) in [6, 6.07) is 9.02. The fourth-order valence-corrected chi connectivity index (χ4v) is 2.66. The van der Waals surface area contributed by atoms with Crippen molar-refractivity contribution in [3.63, 3.8) is 0 Å². The number of amides is 1. The Balaban J connectivity index is 1.82. The average molecular weight is 315 g/mol. The van der Waals surface area contributed by atoms with E-state index in [0.29, 0.717) is 24.4 Å². The molecule has 120 valence electrons. The Labute approximate surface area is 133 Å². The molecule has 3 rings (SSSR count). The van der Waals surface area contributed by atoms with Gasteiger partial charge in [-0.1, -0.05) is 12.1 Å². The smallest absolute Gasteiger partial charge is 0.306 e. The van der Waals surface area contributed by atoms with Crippen molar-refractivity contribution in [2.75, 3.05) is 19.7 Å². The third kappa shape index (κ3) is 3.40. The second-order valence-electron chi connectivity index (χ2n) is 5.31. The van der Waals surface area contributed by atoms with Gasteiger partial charge in [0, 0.05) is 25.5 Å². The number of morpholine rings is 1. The largest absolute Gasteiger partial charge is 0.481 e. The number of rotatable bonds is 4. The molecule has 0 unspecified atom stereocenters. The molecule has 1 N–H and O–H groups in total. The van der Waals surface area contributed by atoms with Crippen LogP contribution in [0, 0.1) is 0 Å². The molecule has 1 amide bonds. The molecule has 0 bridgehead atoms. The summed E-state index contributed by atoms with van der Waals surface area (Å²) >= 11 is 0. The maximum atomic E-state index is 12.8. The Hall–Kier alpha value is -2.67. The molecule has 1 atom stereocenters. The number of carboxylic acid groups (broad SMARTS) is 1. The van der Waals surface area contributed by atoms with E-state index in [1.165, 1.54) is 0 Å². The highest BCUT2D eigenvalue weighted by atomic mass is 16.5. The van der Waals surface area contributed by atoms with E-state index < -0.39 is 12.1 Å². The average Bonchev–Trinajstić information content (AvgIpc) is 3.08. The second-order valence-corrected chi connectivity index (χ2v) is 5.31. The minimum absolute atomic E-state index is 0.107. The van der Waals surface area contributed by atoms with Crippen molar-refractivity contribution in [1.29, 1.82) is 0 Å². The van der Waals surface area contributed by atoms with Crippen LogP contribution in [-0.4, -0.2) is 57.5 Å². The van der Waals surface area contributed by atoms with E-state index in [0.717, 1.165) is 0 Å². The minimum atomic E-state index is -0.929. The van der Waals surface area contributed by atoms with Gasteiger partial charge in [0.15, 0.2) is 0 Å². The Morgan fingerprint density at radius 3 is 2.87 bits per heavy atom. The number of hydrogen-bond donors (Lipinski definition) is 1. The zero-order valence-electron chi connectivity index (χ0n) is 12.5. The van der Waals surface area contributed by atoms with Gasteiger partial charge >= 0.3 is 5.97 Å². The van der Waals surface area contributed by atoms with E-state index in [2.05, 4.69) is 5.10 Å². The van der Waals surface area contributed by atoms with Crippen LogP contribution in [0.5, 0.6) is 0 Å². The summed E-state index contributed by atoms with van der Waals surface area (Å²) in [5, 5.41) is 13.1. The van der Waals surface area contributed by atoms with Crippen molar-refractivity contribution >= 4 is 11.9 Å². The molecule has 7 heteroatoms. The molecule has 2 aromatic rings. The maximum Gasteiger partial charge on any atom is 0.306 e. The van der Waals surface area contributed by atoms with Crippen LogP contribution in [0.2, 0.25) is 0 Å². The Morgan fingerprint density at radius 2 is 2.13 bits per heavy atom. The van der Waals surface area contributed by atoms with Gasteiger partial charge in [0.2, 0.25) is 0 Å². The van der Waals surface area contributed by atoms with Crippen molar-refractivity contribution < 1.29 is 19.4 Å². The van der Waals surface area contributed by atoms with Crippen LogP contribution in [0.25, 0.3) is 5.69 Å². The molecule has 0 aliphatic carbocycles. The van der Waals surface area contributed by atoms with Gasteiger partial charge in [-0.3, -0.25) is 9.59 Å². The number of carboxylic acids is 1. The van der Waals surface area contributed by atoms with Gasteiger partial charge < -0.3 is 14.7 Å². The summed E-state index contributed by atoms with van der Waals surface area (Å²) in [5.74, 6) is -1.07. The first-order chi connectivity index (χ1) is 11.1. The van der Waals surface area contributed by atoms with Gasteiger partial charge in [-0.2, -0.15) is 5.10 Å². The van der Waals surface area contributed by atoms with Crippen molar-refractivity contribution in [3.05, 3.63) is 48.3 Å². The zero-order chi connectivity index (χ0) is 16.2. The van der Waals surface area contributed by atoms with Gasteiger partial charge in [0.1, 0.15) is 0 Å².